The van der Waals surface area contributed by atoms with Gasteiger partial charge in [-0.15, -0.1) is 11.3 Å². The highest BCUT2D eigenvalue weighted by molar-refractivity contribution is 7.10. The number of halogens is 1. The van der Waals surface area contributed by atoms with E-state index in [0.29, 0.717) is 0 Å². The first-order chi connectivity index (χ1) is 15.1. The first kappa shape index (κ1) is 21.5. The Kier molecular flexibility index (Phi) is 6.95. The number of thiophene rings is 1. The molecule has 0 aliphatic rings. The molecule has 0 fully saturated rings. The lowest BCUT2D eigenvalue weighted by Gasteiger charge is -2.19. The smallest absolute Gasteiger partial charge is 0.244 e. The largest absolute Gasteiger partial charge is 0.366 e. The number of benzene rings is 2. The maximum absolute atomic E-state index is 13.5. The van der Waals surface area contributed by atoms with Crippen LogP contribution >= 0.6 is 11.3 Å². The number of ether oxygens (including phenoxy) is 1. The summed E-state index contributed by atoms with van der Waals surface area (Å²) in [5.41, 5.74) is 2.20. The Balaban J connectivity index is 1.63. The fourth-order valence-electron chi connectivity index (χ4n) is 3.73. The van der Waals surface area contributed by atoms with Crippen LogP contribution in [0.3, 0.4) is 0 Å². The van der Waals surface area contributed by atoms with E-state index in [1.165, 1.54) is 17.0 Å². The molecule has 160 valence electrons. The lowest BCUT2D eigenvalue weighted by Crippen LogP contribution is -2.36. The van der Waals surface area contributed by atoms with Crippen molar-refractivity contribution < 1.29 is 13.7 Å². The van der Waals surface area contributed by atoms with Crippen molar-refractivity contribution in [1.29, 1.82) is 0 Å². The summed E-state index contributed by atoms with van der Waals surface area (Å²) < 4.78 is 24.2. The van der Waals surface area contributed by atoms with Gasteiger partial charge in [0.05, 0.1) is 6.10 Å². The van der Waals surface area contributed by atoms with Crippen molar-refractivity contribution in [3.05, 3.63) is 113 Å². The molecule has 0 saturated carbocycles. The SMILES string of the molecule is CCC(C)OC(C[n+]1ccn(C(c2ccccc2)c2ccc(F)cc2)c1)c1cccs1. The highest BCUT2D eigenvalue weighted by atomic mass is 32.1. The maximum atomic E-state index is 13.5. The maximum Gasteiger partial charge on any atom is 0.244 e. The Morgan fingerprint density at radius 1 is 1.00 bits per heavy atom. The molecule has 0 bridgehead atoms. The quantitative estimate of drug-likeness (QED) is 0.288. The molecule has 3 atom stereocenters. The van der Waals surface area contributed by atoms with E-state index in [1.807, 2.05) is 30.3 Å². The number of hydrogen-bond donors (Lipinski definition) is 0. The van der Waals surface area contributed by atoms with Crippen LogP contribution in [0.5, 0.6) is 0 Å². The molecular formula is C26H28FN2OS+. The second-order valence-electron chi connectivity index (χ2n) is 7.78. The van der Waals surface area contributed by atoms with E-state index < -0.39 is 0 Å². The monoisotopic (exact) mass is 435 g/mol. The van der Waals surface area contributed by atoms with Crippen LogP contribution in [0.4, 0.5) is 4.39 Å². The summed E-state index contributed by atoms with van der Waals surface area (Å²) >= 11 is 1.73. The van der Waals surface area contributed by atoms with Gasteiger partial charge in [0.2, 0.25) is 6.33 Å². The second-order valence-corrected chi connectivity index (χ2v) is 8.76. The molecule has 4 aromatic rings. The number of aromatic nitrogens is 2. The average molecular weight is 436 g/mol. The first-order valence-electron chi connectivity index (χ1n) is 10.7. The molecule has 0 spiro atoms. The van der Waals surface area contributed by atoms with Gasteiger partial charge >= 0.3 is 0 Å². The van der Waals surface area contributed by atoms with Gasteiger partial charge in [-0.1, -0.05) is 55.5 Å². The van der Waals surface area contributed by atoms with Crippen LogP contribution in [0.15, 0.2) is 90.8 Å². The zero-order valence-electron chi connectivity index (χ0n) is 17.9. The van der Waals surface area contributed by atoms with Crippen LogP contribution in [0.2, 0.25) is 0 Å². The molecular weight excluding hydrogens is 407 g/mol. The highest BCUT2D eigenvalue weighted by Gasteiger charge is 2.24. The summed E-state index contributed by atoms with van der Waals surface area (Å²) in [6.45, 7) is 5.01. The third kappa shape index (κ3) is 5.30. The van der Waals surface area contributed by atoms with Crippen molar-refractivity contribution >= 4 is 11.3 Å². The van der Waals surface area contributed by atoms with Crippen molar-refractivity contribution in [3.63, 3.8) is 0 Å². The molecule has 0 radical (unpaired) electrons. The normalized spacial score (nSPS) is 14.3. The molecule has 2 aromatic carbocycles. The van der Waals surface area contributed by atoms with E-state index in [4.69, 9.17) is 4.74 Å². The summed E-state index contributed by atoms with van der Waals surface area (Å²) in [4.78, 5) is 1.23. The van der Waals surface area contributed by atoms with Gasteiger partial charge in [0.1, 0.15) is 30.9 Å². The first-order valence-corrected chi connectivity index (χ1v) is 11.6. The van der Waals surface area contributed by atoms with Crippen molar-refractivity contribution in [3.8, 4) is 0 Å². The molecule has 0 saturated heterocycles. The summed E-state index contributed by atoms with van der Waals surface area (Å²) in [5, 5.41) is 2.10. The molecule has 3 nitrogen and oxygen atoms in total. The van der Waals surface area contributed by atoms with Crippen molar-refractivity contribution in [2.24, 2.45) is 0 Å². The van der Waals surface area contributed by atoms with Crippen LogP contribution in [-0.4, -0.2) is 10.7 Å². The molecule has 0 amide bonds. The van der Waals surface area contributed by atoms with Gasteiger partial charge in [0.25, 0.3) is 0 Å². The molecule has 2 aromatic heterocycles. The fourth-order valence-corrected chi connectivity index (χ4v) is 4.48. The molecule has 5 heteroatoms. The third-order valence-corrected chi connectivity index (χ3v) is 6.48. The van der Waals surface area contributed by atoms with E-state index in [2.05, 4.69) is 71.3 Å². The van der Waals surface area contributed by atoms with Crippen molar-refractivity contribution in [2.45, 2.75) is 45.1 Å². The van der Waals surface area contributed by atoms with E-state index in [-0.39, 0.29) is 24.1 Å². The Labute approximate surface area is 187 Å². The predicted molar refractivity (Wildman–Crippen MR) is 123 cm³/mol. The van der Waals surface area contributed by atoms with Crippen LogP contribution in [0.25, 0.3) is 0 Å². The van der Waals surface area contributed by atoms with E-state index in [1.54, 1.807) is 11.3 Å². The van der Waals surface area contributed by atoms with Gasteiger partial charge in [-0.05, 0) is 36.9 Å². The number of rotatable bonds is 9. The van der Waals surface area contributed by atoms with Crippen molar-refractivity contribution in [2.75, 3.05) is 0 Å². The lowest BCUT2D eigenvalue weighted by atomic mass is 9.98. The predicted octanol–water partition coefficient (Wildman–Crippen LogP) is 6.17. The second kappa shape index (κ2) is 10.0. The van der Waals surface area contributed by atoms with Crippen LogP contribution in [0.1, 0.15) is 48.4 Å². The van der Waals surface area contributed by atoms with E-state index >= 15 is 0 Å². The molecule has 0 aliphatic carbocycles. The number of imidazole rings is 1. The van der Waals surface area contributed by atoms with Gasteiger partial charge in [-0.2, -0.15) is 0 Å². The molecule has 31 heavy (non-hydrogen) atoms. The third-order valence-electron chi connectivity index (χ3n) is 5.52. The molecule has 2 heterocycles. The fraction of sp³-hybridized carbons (Fsp3) is 0.269. The number of nitrogens with zero attached hydrogens (tertiary/aromatic N) is 2. The average Bonchev–Trinajstić information content (AvgIpc) is 3.48. The van der Waals surface area contributed by atoms with Crippen LogP contribution in [-0.2, 0) is 11.3 Å². The minimum absolute atomic E-state index is 0.0109. The van der Waals surface area contributed by atoms with E-state index in [9.17, 15) is 4.39 Å². The summed E-state index contributed by atoms with van der Waals surface area (Å²) in [6, 6.07) is 21.3. The van der Waals surface area contributed by atoms with Crippen LogP contribution < -0.4 is 4.57 Å². The van der Waals surface area contributed by atoms with Gasteiger partial charge in [-0.25, -0.2) is 13.5 Å². The van der Waals surface area contributed by atoms with E-state index in [0.717, 1.165) is 24.1 Å². The standard InChI is InChI=1S/C26H28FN2OS/c1-3-20(2)30-24(25-10-7-17-31-25)18-28-15-16-29(19-28)26(21-8-5-4-6-9-21)22-11-13-23(27)14-12-22/h4-17,19-20,24,26H,3,18H2,1-2H3/q+1. The Hall–Kier alpha value is -2.76. The summed E-state index contributed by atoms with van der Waals surface area (Å²) in [5.74, 6) is -0.223. The molecule has 4 rings (SSSR count). The molecule has 0 N–H and O–H groups in total. The highest BCUT2D eigenvalue weighted by Crippen LogP contribution is 2.28. The summed E-state index contributed by atoms with van der Waals surface area (Å²) in [7, 11) is 0. The minimum atomic E-state index is -0.223. The number of hydrogen-bond acceptors (Lipinski definition) is 2. The van der Waals surface area contributed by atoms with Gasteiger partial charge in [0, 0.05) is 16.0 Å². The Morgan fingerprint density at radius 3 is 2.42 bits per heavy atom. The zero-order chi connectivity index (χ0) is 21.6. The van der Waals surface area contributed by atoms with Crippen LogP contribution in [0, 0.1) is 5.82 Å². The van der Waals surface area contributed by atoms with Gasteiger partial charge in [-0.3, -0.25) is 0 Å². The Bertz CT molecular complexity index is 1060. The van der Waals surface area contributed by atoms with Gasteiger partial charge < -0.3 is 4.74 Å². The molecule has 3 unspecified atom stereocenters. The topological polar surface area (TPSA) is 18.0 Å². The Morgan fingerprint density at radius 2 is 1.74 bits per heavy atom. The van der Waals surface area contributed by atoms with Gasteiger partial charge in [0.15, 0.2) is 6.04 Å². The van der Waals surface area contributed by atoms with Crippen molar-refractivity contribution in [1.82, 2.24) is 4.57 Å². The zero-order valence-corrected chi connectivity index (χ0v) is 18.7. The minimum Gasteiger partial charge on any atom is -0.366 e. The summed E-state index contributed by atoms with van der Waals surface area (Å²) in [6.07, 6.45) is 7.47. The lowest BCUT2D eigenvalue weighted by molar-refractivity contribution is -0.705. The molecule has 0 aliphatic heterocycles.